The first kappa shape index (κ1) is 21.4. The highest BCUT2D eigenvalue weighted by atomic mass is 32.1. The summed E-state index contributed by atoms with van der Waals surface area (Å²) >= 11 is 1.55. The molecule has 0 saturated carbocycles. The van der Waals surface area contributed by atoms with E-state index in [0.717, 1.165) is 47.4 Å². The number of benzene rings is 1. The fourth-order valence-corrected chi connectivity index (χ4v) is 5.01. The SMILES string of the molecule is Cc1csc2nc(Nc3cnn(C4CCN(C)CC4)c3)nc(Nc3cccc(C(=O)O)c3)c12. The molecule has 1 saturated heterocycles. The van der Waals surface area contributed by atoms with E-state index in [1.165, 1.54) is 0 Å². The number of carboxylic acids is 1. The number of thiophene rings is 1. The maximum absolute atomic E-state index is 11.3. The number of anilines is 4. The van der Waals surface area contributed by atoms with E-state index in [1.807, 2.05) is 29.2 Å². The monoisotopic (exact) mass is 463 g/mol. The Hall–Kier alpha value is -3.50. The van der Waals surface area contributed by atoms with Crippen molar-refractivity contribution in [3.8, 4) is 0 Å². The molecule has 33 heavy (non-hydrogen) atoms. The fourth-order valence-electron chi connectivity index (χ4n) is 4.09. The summed E-state index contributed by atoms with van der Waals surface area (Å²) in [5.74, 6) is 0.123. The minimum absolute atomic E-state index is 0.215. The number of aromatic carboxylic acids is 1. The van der Waals surface area contributed by atoms with Crippen molar-refractivity contribution in [3.63, 3.8) is 0 Å². The van der Waals surface area contributed by atoms with E-state index >= 15 is 0 Å². The van der Waals surface area contributed by atoms with Gasteiger partial charge in [0.15, 0.2) is 0 Å². The largest absolute Gasteiger partial charge is 0.478 e. The average molecular weight is 464 g/mol. The minimum atomic E-state index is -0.970. The molecule has 10 heteroatoms. The van der Waals surface area contributed by atoms with Crippen LogP contribution in [0.5, 0.6) is 0 Å². The van der Waals surface area contributed by atoms with Crippen LogP contribution in [0.4, 0.5) is 23.1 Å². The molecule has 0 amide bonds. The lowest BCUT2D eigenvalue weighted by molar-refractivity contribution is 0.0697. The number of rotatable bonds is 6. The van der Waals surface area contributed by atoms with Crippen molar-refractivity contribution < 1.29 is 9.90 Å². The molecule has 0 unspecified atom stereocenters. The van der Waals surface area contributed by atoms with E-state index < -0.39 is 5.97 Å². The van der Waals surface area contributed by atoms with Gasteiger partial charge in [-0.3, -0.25) is 4.68 Å². The fraction of sp³-hybridized carbons (Fsp3) is 0.304. The zero-order valence-corrected chi connectivity index (χ0v) is 19.3. The molecule has 9 nitrogen and oxygen atoms in total. The summed E-state index contributed by atoms with van der Waals surface area (Å²) in [6.07, 6.45) is 5.97. The predicted octanol–water partition coefficient (Wildman–Crippen LogP) is 4.65. The number of aryl methyl sites for hydroxylation is 1. The summed E-state index contributed by atoms with van der Waals surface area (Å²) in [6, 6.07) is 7.09. The van der Waals surface area contributed by atoms with Gasteiger partial charge < -0.3 is 20.6 Å². The lowest BCUT2D eigenvalue weighted by Gasteiger charge is -2.28. The van der Waals surface area contributed by atoms with Gasteiger partial charge in [-0.2, -0.15) is 10.1 Å². The van der Waals surface area contributed by atoms with Crippen LogP contribution in [0, 0.1) is 6.92 Å². The van der Waals surface area contributed by atoms with Crippen LogP contribution in [0.1, 0.15) is 34.8 Å². The van der Waals surface area contributed by atoms with Crippen LogP contribution in [-0.4, -0.2) is 55.9 Å². The lowest BCUT2D eigenvalue weighted by Crippen LogP contribution is -2.31. The number of likely N-dealkylation sites (tertiary alicyclic amines) is 1. The molecule has 3 aromatic heterocycles. The van der Waals surface area contributed by atoms with E-state index in [9.17, 15) is 9.90 Å². The quantitative estimate of drug-likeness (QED) is 0.379. The summed E-state index contributed by atoms with van der Waals surface area (Å²) in [6.45, 7) is 4.16. The van der Waals surface area contributed by atoms with Crippen molar-refractivity contribution in [2.24, 2.45) is 0 Å². The number of carboxylic acid groups (broad SMARTS) is 1. The second-order valence-corrected chi connectivity index (χ2v) is 9.23. The molecule has 0 bridgehead atoms. The Balaban J connectivity index is 1.42. The van der Waals surface area contributed by atoms with Crippen molar-refractivity contribution >= 4 is 50.7 Å². The van der Waals surface area contributed by atoms with Crippen LogP contribution in [0.15, 0.2) is 42.0 Å². The van der Waals surface area contributed by atoms with Gasteiger partial charge in [0.05, 0.1) is 28.9 Å². The molecular formula is C23H25N7O2S. The Labute approximate surface area is 195 Å². The summed E-state index contributed by atoms with van der Waals surface area (Å²) in [7, 11) is 2.15. The number of fused-ring (bicyclic) bond motifs is 1. The van der Waals surface area contributed by atoms with E-state index in [2.05, 4.69) is 32.7 Å². The van der Waals surface area contributed by atoms with Crippen molar-refractivity contribution in [2.75, 3.05) is 30.8 Å². The number of hydrogen-bond donors (Lipinski definition) is 3. The van der Waals surface area contributed by atoms with Gasteiger partial charge in [0.1, 0.15) is 10.6 Å². The molecule has 170 valence electrons. The van der Waals surface area contributed by atoms with Crippen molar-refractivity contribution in [1.82, 2.24) is 24.6 Å². The van der Waals surface area contributed by atoms with Crippen LogP contribution in [0.2, 0.25) is 0 Å². The average Bonchev–Trinajstić information content (AvgIpc) is 3.41. The topological polar surface area (TPSA) is 108 Å². The molecule has 5 rings (SSSR count). The van der Waals surface area contributed by atoms with Crippen LogP contribution < -0.4 is 10.6 Å². The van der Waals surface area contributed by atoms with Crippen molar-refractivity contribution in [1.29, 1.82) is 0 Å². The molecule has 0 aliphatic carbocycles. The third-order valence-electron chi connectivity index (χ3n) is 5.91. The van der Waals surface area contributed by atoms with Gasteiger partial charge in [0, 0.05) is 11.9 Å². The van der Waals surface area contributed by atoms with Gasteiger partial charge in [-0.15, -0.1) is 11.3 Å². The Morgan fingerprint density at radius 3 is 2.79 bits per heavy atom. The summed E-state index contributed by atoms with van der Waals surface area (Å²) < 4.78 is 2.03. The van der Waals surface area contributed by atoms with Gasteiger partial charge >= 0.3 is 5.97 Å². The highest BCUT2D eigenvalue weighted by Gasteiger charge is 2.19. The number of nitrogens with one attached hydrogen (secondary N) is 2. The zero-order chi connectivity index (χ0) is 22.9. The van der Waals surface area contributed by atoms with Crippen molar-refractivity contribution in [2.45, 2.75) is 25.8 Å². The van der Waals surface area contributed by atoms with Crippen LogP contribution in [0.3, 0.4) is 0 Å². The summed E-state index contributed by atoms with van der Waals surface area (Å²) in [5.41, 5.74) is 2.77. The molecule has 1 fully saturated rings. The third kappa shape index (κ3) is 4.53. The molecular weight excluding hydrogens is 438 g/mol. The van der Waals surface area contributed by atoms with E-state index in [0.29, 0.717) is 23.5 Å². The highest BCUT2D eigenvalue weighted by molar-refractivity contribution is 7.17. The normalized spacial score (nSPS) is 15.1. The lowest BCUT2D eigenvalue weighted by atomic mass is 10.1. The maximum atomic E-state index is 11.3. The third-order valence-corrected chi connectivity index (χ3v) is 6.90. The molecule has 1 aliphatic rings. The Morgan fingerprint density at radius 1 is 1.18 bits per heavy atom. The number of hydrogen-bond acceptors (Lipinski definition) is 8. The van der Waals surface area contributed by atoms with Crippen molar-refractivity contribution in [3.05, 3.63) is 53.2 Å². The van der Waals surface area contributed by atoms with Gasteiger partial charge in [0.25, 0.3) is 0 Å². The Morgan fingerprint density at radius 2 is 2.00 bits per heavy atom. The maximum Gasteiger partial charge on any atom is 0.335 e. The minimum Gasteiger partial charge on any atom is -0.478 e. The molecule has 1 aliphatic heterocycles. The predicted molar refractivity (Wildman–Crippen MR) is 130 cm³/mol. The summed E-state index contributed by atoms with van der Waals surface area (Å²) in [4.78, 5) is 23.9. The second kappa shape index (κ2) is 8.80. The smallest absolute Gasteiger partial charge is 0.335 e. The van der Waals surface area contributed by atoms with Crippen LogP contribution in [0.25, 0.3) is 10.2 Å². The molecule has 3 N–H and O–H groups in total. The molecule has 0 atom stereocenters. The van der Waals surface area contributed by atoms with Gasteiger partial charge in [0.2, 0.25) is 5.95 Å². The van der Waals surface area contributed by atoms with E-state index in [-0.39, 0.29) is 5.56 Å². The highest BCUT2D eigenvalue weighted by Crippen LogP contribution is 2.33. The van der Waals surface area contributed by atoms with Gasteiger partial charge in [-0.1, -0.05) is 6.07 Å². The Bertz CT molecular complexity index is 1310. The first-order valence-electron chi connectivity index (χ1n) is 10.8. The van der Waals surface area contributed by atoms with Gasteiger partial charge in [-0.25, -0.2) is 9.78 Å². The molecule has 0 spiro atoms. The van der Waals surface area contributed by atoms with Crippen LogP contribution in [-0.2, 0) is 0 Å². The summed E-state index contributed by atoms with van der Waals surface area (Å²) in [5, 5.41) is 23.4. The molecule has 0 radical (unpaired) electrons. The number of nitrogens with zero attached hydrogens (tertiary/aromatic N) is 5. The molecule has 4 aromatic rings. The second-order valence-electron chi connectivity index (χ2n) is 8.37. The molecule has 1 aromatic carbocycles. The first-order chi connectivity index (χ1) is 16.0. The number of piperidine rings is 1. The van der Waals surface area contributed by atoms with E-state index in [1.54, 1.807) is 35.7 Å². The first-order valence-corrected chi connectivity index (χ1v) is 11.7. The van der Waals surface area contributed by atoms with E-state index in [4.69, 9.17) is 4.98 Å². The number of carbonyl (C=O) groups is 1. The van der Waals surface area contributed by atoms with Crippen LogP contribution >= 0.6 is 11.3 Å². The molecule has 4 heterocycles. The number of aromatic nitrogens is 4. The van der Waals surface area contributed by atoms with Gasteiger partial charge in [-0.05, 0) is 69.0 Å². The standard InChI is InChI=1S/C23H25N7O2S/c1-14-13-33-21-19(14)20(25-16-5-3-4-15(10-16)22(31)32)27-23(28-21)26-17-11-24-30(12-17)18-6-8-29(2)9-7-18/h3-5,10-13,18H,6-9H2,1-2H3,(H,31,32)(H2,25,26,27,28). The Kier molecular flexibility index (Phi) is 5.69. The zero-order valence-electron chi connectivity index (χ0n) is 18.4.